The van der Waals surface area contributed by atoms with E-state index in [1.807, 2.05) is 0 Å². The van der Waals surface area contributed by atoms with E-state index in [4.69, 9.17) is 4.74 Å². The normalized spacial score (nSPS) is 17.0. The fourth-order valence-electron chi connectivity index (χ4n) is 5.10. The number of allylic oxidation sites excluding steroid dienone is 1. The fourth-order valence-corrected chi connectivity index (χ4v) is 5.86. The van der Waals surface area contributed by atoms with Crippen LogP contribution >= 0.6 is 31.9 Å². The second-order valence-electron chi connectivity index (χ2n) is 8.00. The van der Waals surface area contributed by atoms with Crippen LogP contribution in [0.5, 0.6) is 5.75 Å². The van der Waals surface area contributed by atoms with Gasteiger partial charge in [0.25, 0.3) is 0 Å². The molecule has 1 atom stereocenters. The number of hydrogen-bond acceptors (Lipinski definition) is 1. The second kappa shape index (κ2) is 7.45. The van der Waals surface area contributed by atoms with E-state index in [1.54, 1.807) is 7.11 Å². The second-order valence-corrected chi connectivity index (χ2v) is 9.83. The fraction of sp³-hybridized carbons (Fsp3) is 0.231. The van der Waals surface area contributed by atoms with Crippen LogP contribution in [0.3, 0.4) is 0 Å². The molecule has 146 valence electrons. The molecule has 0 N–H and O–H groups in total. The Morgan fingerprint density at radius 1 is 0.793 bits per heavy atom. The number of fused-ring (bicyclic) bond motifs is 4. The van der Waals surface area contributed by atoms with Crippen molar-refractivity contribution in [2.75, 3.05) is 7.11 Å². The molecule has 5 rings (SSSR count). The van der Waals surface area contributed by atoms with Crippen molar-refractivity contribution in [1.82, 2.24) is 0 Å². The Hall–Kier alpha value is -1.84. The minimum Gasteiger partial charge on any atom is -0.496 e. The average Bonchev–Trinajstić information content (AvgIpc) is 3.19. The number of rotatable bonds is 4. The van der Waals surface area contributed by atoms with Crippen LogP contribution in [0, 0.1) is 0 Å². The zero-order valence-electron chi connectivity index (χ0n) is 16.5. The first-order chi connectivity index (χ1) is 14.1. The van der Waals surface area contributed by atoms with Crippen LogP contribution in [0.2, 0.25) is 0 Å². The van der Waals surface area contributed by atoms with E-state index in [1.165, 1.54) is 39.0 Å². The molecule has 29 heavy (non-hydrogen) atoms. The molecule has 0 heterocycles. The van der Waals surface area contributed by atoms with Gasteiger partial charge in [-0.25, -0.2) is 0 Å². The zero-order valence-corrected chi connectivity index (χ0v) is 19.7. The number of ether oxygens (including phenoxy) is 1. The molecule has 1 unspecified atom stereocenters. The Morgan fingerprint density at radius 3 is 2.03 bits per heavy atom. The van der Waals surface area contributed by atoms with E-state index in [0.29, 0.717) is 11.8 Å². The van der Waals surface area contributed by atoms with Gasteiger partial charge in [0.15, 0.2) is 0 Å². The molecular weight excluding hydrogens is 488 g/mol. The summed E-state index contributed by atoms with van der Waals surface area (Å²) in [7, 11) is 1.76. The lowest BCUT2D eigenvalue weighted by molar-refractivity contribution is 0.413. The van der Waals surface area contributed by atoms with Gasteiger partial charge in [0.2, 0.25) is 0 Å². The molecule has 0 saturated carbocycles. The summed E-state index contributed by atoms with van der Waals surface area (Å²) in [4.78, 5) is 0. The summed E-state index contributed by atoms with van der Waals surface area (Å²) in [6, 6.07) is 19.9. The lowest BCUT2D eigenvalue weighted by atomic mass is 9.85. The highest BCUT2D eigenvalue weighted by atomic mass is 79.9. The van der Waals surface area contributed by atoms with E-state index in [-0.39, 0.29) is 0 Å². The first kappa shape index (κ1) is 19.1. The predicted octanol–water partition coefficient (Wildman–Crippen LogP) is 8.31. The first-order valence-corrected chi connectivity index (χ1v) is 11.6. The quantitative estimate of drug-likeness (QED) is 0.343. The number of halogens is 2. The van der Waals surface area contributed by atoms with Crippen molar-refractivity contribution in [3.8, 4) is 16.9 Å². The molecule has 0 aromatic heterocycles. The van der Waals surface area contributed by atoms with Crippen LogP contribution in [0.25, 0.3) is 17.2 Å². The molecule has 3 aromatic rings. The van der Waals surface area contributed by atoms with Gasteiger partial charge in [0, 0.05) is 26.3 Å². The van der Waals surface area contributed by atoms with Crippen LogP contribution in [0.1, 0.15) is 53.9 Å². The summed E-state index contributed by atoms with van der Waals surface area (Å²) < 4.78 is 7.90. The van der Waals surface area contributed by atoms with E-state index in [2.05, 4.69) is 99.5 Å². The largest absolute Gasteiger partial charge is 0.496 e. The van der Waals surface area contributed by atoms with Crippen molar-refractivity contribution in [3.05, 3.63) is 91.4 Å². The minimum absolute atomic E-state index is 0.428. The third kappa shape index (κ3) is 3.19. The van der Waals surface area contributed by atoms with Crippen LogP contribution in [0.15, 0.2) is 69.1 Å². The van der Waals surface area contributed by atoms with Crippen molar-refractivity contribution < 1.29 is 4.74 Å². The Balaban J connectivity index is 1.49. The third-order valence-corrected chi connectivity index (χ3v) is 7.42. The average molecular weight is 510 g/mol. The van der Waals surface area contributed by atoms with Gasteiger partial charge in [-0.1, -0.05) is 67.8 Å². The molecule has 2 aliphatic carbocycles. The van der Waals surface area contributed by atoms with Gasteiger partial charge in [-0.05, 0) is 77.9 Å². The Morgan fingerprint density at radius 2 is 1.41 bits per heavy atom. The maximum Gasteiger partial charge on any atom is 0.126 e. The monoisotopic (exact) mass is 508 g/mol. The summed E-state index contributed by atoms with van der Waals surface area (Å²) in [5.74, 6) is 1.87. The lowest BCUT2D eigenvalue weighted by Gasteiger charge is -2.20. The molecule has 0 radical (unpaired) electrons. The van der Waals surface area contributed by atoms with Gasteiger partial charge in [-0.15, -0.1) is 0 Å². The standard InChI is InChI=1S/C26H22Br2O/c1-15-12-25-19(4-3-5-26(25)29-2)18(15)10-11-22-23-13-16(27)6-8-20(23)21-9-7-17(28)14-24(21)22/h3-9,12-14,18,22H,10-11H2,1-2H3. The van der Waals surface area contributed by atoms with Gasteiger partial charge < -0.3 is 4.74 Å². The summed E-state index contributed by atoms with van der Waals surface area (Å²) in [6.07, 6.45) is 4.56. The number of methoxy groups -OCH3 is 1. The topological polar surface area (TPSA) is 9.23 Å². The molecule has 3 heteroatoms. The van der Waals surface area contributed by atoms with Crippen molar-refractivity contribution >= 4 is 37.9 Å². The molecule has 0 bridgehead atoms. The van der Waals surface area contributed by atoms with Crippen molar-refractivity contribution in [2.45, 2.75) is 31.6 Å². The first-order valence-electron chi connectivity index (χ1n) is 10.0. The molecule has 0 spiro atoms. The van der Waals surface area contributed by atoms with Gasteiger partial charge in [0.1, 0.15) is 5.75 Å². The summed E-state index contributed by atoms with van der Waals surface area (Å²) in [5.41, 5.74) is 9.74. The Bertz CT molecular complexity index is 1090. The highest BCUT2D eigenvalue weighted by Gasteiger charge is 2.31. The minimum atomic E-state index is 0.428. The van der Waals surface area contributed by atoms with E-state index >= 15 is 0 Å². The molecule has 0 amide bonds. The molecule has 3 aromatic carbocycles. The maximum atomic E-state index is 5.60. The van der Waals surface area contributed by atoms with E-state index < -0.39 is 0 Å². The molecule has 2 aliphatic rings. The van der Waals surface area contributed by atoms with Crippen molar-refractivity contribution in [1.29, 1.82) is 0 Å². The number of hydrogen-bond donors (Lipinski definition) is 0. The maximum absolute atomic E-state index is 5.60. The molecular formula is C26H22Br2O. The van der Waals surface area contributed by atoms with Gasteiger partial charge in [-0.2, -0.15) is 0 Å². The highest BCUT2D eigenvalue weighted by molar-refractivity contribution is 9.10. The van der Waals surface area contributed by atoms with Crippen molar-refractivity contribution in [2.24, 2.45) is 0 Å². The lowest BCUT2D eigenvalue weighted by Crippen LogP contribution is -2.03. The van der Waals surface area contributed by atoms with E-state index in [0.717, 1.165) is 27.5 Å². The summed E-state index contributed by atoms with van der Waals surface area (Å²) in [5, 5.41) is 0. The predicted molar refractivity (Wildman–Crippen MR) is 128 cm³/mol. The van der Waals surface area contributed by atoms with E-state index in [9.17, 15) is 0 Å². The van der Waals surface area contributed by atoms with Crippen LogP contribution in [0.4, 0.5) is 0 Å². The molecule has 0 aliphatic heterocycles. The smallest absolute Gasteiger partial charge is 0.126 e. The molecule has 1 nitrogen and oxygen atoms in total. The van der Waals surface area contributed by atoms with Crippen LogP contribution in [-0.4, -0.2) is 7.11 Å². The molecule has 0 fully saturated rings. The van der Waals surface area contributed by atoms with Crippen LogP contribution < -0.4 is 4.74 Å². The van der Waals surface area contributed by atoms with Gasteiger partial charge >= 0.3 is 0 Å². The zero-order chi connectivity index (χ0) is 20.1. The third-order valence-electron chi connectivity index (χ3n) is 6.43. The van der Waals surface area contributed by atoms with Gasteiger partial charge in [0.05, 0.1) is 7.11 Å². The van der Waals surface area contributed by atoms with Crippen molar-refractivity contribution in [3.63, 3.8) is 0 Å². The summed E-state index contributed by atoms with van der Waals surface area (Å²) >= 11 is 7.37. The molecule has 0 saturated heterocycles. The Labute approximate surface area is 189 Å². The van der Waals surface area contributed by atoms with Gasteiger partial charge in [-0.3, -0.25) is 0 Å². The number of benzene rings is 3. The summed E-state index contributed by atoms with van der Waals surface area (Å²) in [6.45, 7) is 2.26. The van der Waals surface area contributed by atoms with Crippen LogP contribution in [-0.2, 0) is 0 Å². The Kier molecular flexibility index (Phi) is 4.92. The highest BCUT2D eigenvalue weighted by Crippen LogP contribution is 2.51. The SMILES string of the molecule is COc1cccc2c1C=C(C)C2CCC1c2cc(Br)ccc2-c2ccc(Br)cc21.